The highest BCUT2D eigenvalue weighted by Gasteiger charge is 2.26. The van der Waals surface area contributed by atoms with E-state index in [4.69, 9.17) is 15.4 Å². The van der Waals surface area contributed by atoms with Gasteiger partial charge in [0.15, 0.2) is 0 Å². The highest BCUT2D eigenvalue weighted by Crippen LogP contribution is 2.32. The summed E-state index contributed by atoms with van der Waals surface area (Å²) in [6, 6.07) is 0.270. The average molecular weight is 321 g/mol. The van der Waals surface area contributed by atoms with Gasteiger partial charge in [-0.25, -0.2) is 8.42 Å². The maximum Gasteiger partial charge on any atom is 0.264 e. The van der Waals surface area contributed by atoms with Crippen molar-refractivity contribution in [3.8, 4) is 0 Å². The van der Waals surface area contributed by atoms with Crippen LogP contribution >= 0.6 is 10.7 Å². The van der Waals surface area contributed by atoms with Crippen molar-refractivity contribution in [2.45, 2.75) is 63.0 Å². The fraction of sp³-hybridized carbons (Fsp3) is 0.769. The summed E-state index contributed by atoms with van der Waals surface area (Å²) < 4.78 is 30.6. The molecule has 2 rings (SSSR count). The zero-order valence-electron chi connectivity index (χ0n) is 11.7. The molecule has 1 aliphatic rings. The molecular formula is C13H21ClN2O3S. The maximum absolute atomic E-state index is 11.6. The van der Waals surface area contributed by atoms with E-state index in [-0.39, 0.29) is 17.5 Å². The van der Waals surface area contributed by atoms with Crippen LogP contribution in [0.25, 0.3) is 0 Å². The smallest absolute Gasteiger partial charge is 0.264 e. The highest BCUT2D eigenvalue weighted by molar-refractivity contribution is 8.13. The Balaban J connectivity index is 2.20. The van der Waals surface area contributed by atoms with Crippen LogP contribution in [0.2, 0.25) is 0 Å². The fourth-order valence-corrected chi connectivity index (χ4v) is 3.59. The summed E-state index contributed by atoms with van der Waals surface area (Å²) in [4.78, 5) is 0.0857. The Hall–Kier alpha value is -0.590. The van der Waals surface area contributed by atoms with Crippen molar-refractivity contribution in [3.63, 3.8) is 0 Å². The van der Waals surface area contributed by atoms with E-state index in [0.29, 0.717) is 12.3 Å². The van der Waals surface area contributed by atoms with E-state index in [9.17, 15) is 8.42 Å². The third kappa shape index (κ3) is 3.74. The van der Waals surface area contributed by atoms with Crippen LogP contribution < -0.4 is 0 Å². The molecule has 0 amide bonds. The minimum atomic E-state index is -3.78. The third-order valence-corrected chi connectivity index (χ3v) is 5.04. The molecule has 1 aromatic rings. The van der Waals surface area contributed by atoms with Gasteiger partial charge in [-0.3, -0.25) is 4.68 Å². The molecule has 5 nitrogen and oxygen atoms in total. The number of hydrogen-bond donors (Lipinski definition) is 0. The summed E-state index contributed by atoms with van der Waals surface area (Å²) in [6.45, 7) is 2.95. The second kappa shape index (κ2) is 6.91. The van der Waals surface area contributed by atoms with E-state index < -0.39 is 9.05 Å². The summed E-state index contributed by atoms with van der Waals surface area (Å²) in [7, 11) is 1.71. The van der Waals surface area contributed by atoms with Gasteiger partial charge in [0.05, 0.1) is 24.5 Å². The topological polar surface area (TPSA) is 61.2 Å². The van der Waals surface area contributed by atoms with Crippen LogP contribution in [-0.2, 0) is 20.4 Å². The van der Waals surface area contributed by atoms with Crippen molar-refractivity contribution >= 4 is 19.7 Å². The Morgan fingerprint density at radius 3 is 2.75 bits per heavy atom. The maximum atomic E-state index is 11.6. The Labute approximate surface area is 124 Å². The van der Waals surface area contributed by atoms with Gasteiger partial charge in [-0.2, -0.15) is 5.10 Å². The van der Waals surface area contributed by atoms with Crippen LogP contribution in [0, 0.1) is 0 Å². The number of nitrogens with zero attached hydrogens (tertiary/aromatic N) is 2. The Bertz CT molecular complexity index is 536. The van der Waals surface area contributed by atoms with Crippen molar-refractivity contribution in [3.05, 3.63) is 11.9 Å². The second-order valence-corrected chi connectivity index (χ2v) is 7.72. The number of hydrogen-bond acceptors (Lipinski definition) is 4. The van der Waals surface area contributed by atoms with Crippen molar-refractivity contribution in [2.24, 2.45) is 0 Å². The molecule has 1 heterocycles. The zero-order valence-corrected chi connectivity index (χ0v) is 13.3. The van der Waals surface area contributed by atoms with Crippen LogP contribution in [0.15, 0.2) is 11.1 Å². The summed E-state index contributed by atoms with van der Waals surface area (Å²) in [5.74, 6) is 0. The molecule has 0 unspecified atom stereocenters. The zero-order chi connectivity index (χ0) is 14.6. The highest BCUT2D eigenvalue weighted by atomic mass is 35.7. The quantitative estimate of drug-likeness (QED) is 0.571. The van der Waals surface area contributed by atoms with Crippen LogP contribution in [0.5, 0.6) is 0 Å². The van der Waals surface area contributed by atoms with Crippen LogP contribution in [-0.4, -0.2) is 24.8 Å². The first-order valence-corrected chi connectivity index (χ1v) is 9.43. The molecule has 0 atom stereocenters. The summed E-state index contributed by atoms with van der Waals surface area (Å²) in [5.41, 5.74) is 0.586. The first-order valence-electron chi connectivity index (χ1n) is 7.12. The van der Waals surface area contributed by atoms with Gasteiger partial charge in [0.2, 0.25) is 0 Å². The molecular weight excluding hydrogens is 300 g/mol. The monoisotopic (exact) mass is 320 g/mol. The predicted octanol–water partition coefficient (Wildman–Crippen LogP) is 3.24. The summed E-state index contributed by atoms with van der Waals surface area (Å²) in [5, 5.41) is 4.24. The van der Waals surface area contributed by atoms with E-state index in [0.717, 1.165) is 38.5 Å². The molecule has 0 radical (unpaired) electrons. The largest absolute Gasteiger partial charge is 0.375 e. The lowest BCUT2D eigenvalue weighted by Crippen LogP contribution is -2.13. The van der Waals surface area contributed by atoms with Crippen molar-refractivity contribution in [1.29, 1.82) is 0 Å². The van der Waals surface area contributed by atoms with E-state index in [1.165, 1.54) is 6.20 Å². The van der Waals surface area contributed by atoms with E-state index in [1.807, 2.05) is 0 Å². The Morgan fingerprint density at radius 2 is 2.15 bits per heavy atom. The van der Waals surface area contributed by atoms with Crippen LogP contribution in [0.4, 0.5) is 0 Å². The minimum Gasteiger partial charge on any atom is -0.375 e. The minimum absolute atomic E-state index is 0.0857. The lowest BCUT2D eigenvalue weighted by Gasteiger charge is -2.15. The molecule has 1 aromatic heterocycles. The standard InChI is InChI=1S/C13H21ClN2O3S/c1-2-3-8-19-10-12-13(20(14,17)18)9-15-16(12)11-6-4-5-7-11/h9,11H,2-8,10H2,1H3. The third-order valence-electron chi connectivity index (χ3n) is 3.67. The van der Waals surface area contributed by atoms with Crippen LogP contribution in [0.3, 0.4) is 0 Å². The number of halogens is 1. The molecule has 0 N–H and O–H groups in total. The van der Waals surface area contributed by atoms with Gasteiger partial charge in [0.1, 0.15) is 4.90 Å². The lowest BCUT2D eigenvalue weighted by atomic mass is 10.2. The molecule has 1 saturated carbocycles. The fourth-order valence-electron chi connectivity index (χ4n) is 2.59. The van der Waals surface area contributed by atoms with Gasteiger partial charge >= 0.3 is 0 Å². The van der Waals surface area contributed by atoms with Gasteiger partial charge in [0, 0.05) is 17.3 Å². The number of rotatable bonds is 7. The molecule has 0 aliphatic heterocycles. The normalized spacial score (nSPS) is 16.9. The second-order valence-electron chi connectivity index (χ2n) is 5.18. The molecule has 0 aromatic carbocycles. The molecule has 114 valence electrons. The number of aromatic nitrogens is 2. The van der Waals surface area contributed by atoms with Gasteiger partial charge in [-0.1, -0.05) is 26.2 Å². The molecule has 20 heavy (non-hydrogen) atoms. The molecule has 1 aliphatic carbocycles. The predicted molar refractivity (Wildman–Crippen MR) is 77.3 cm³/mol. The lowest BCUT2D eigenvalue weighted by molar-refractivity contribution is 0.109. The average Bonchev–Trinajstić information content (AvgIpc) is 3.02. The van der Waals surface area contributed by atoms with Crippen molar-refractivity contribution in [1.82, 2.24) is 9.78 Å². The molecule has 0 saturated heterocycles. The molecule has 7 heteroatoms. The van der Waals surface area contributed by atoms with Gasteiger partial charge in [0.25, 0.3) is 9.05 Å². The Morgan fingerprint density at radius 1 is 1.45 bits per heavy atom. The summed E-state index contributed by atoms with van der Waals surface area (Å²) >= 11 is 0. The number of unbranched alkanes of at least 4 members (excludes halogenated alkanes) is 1. The SMILES string of the molecule is CCCCOCc1c(S(=O)(=O)Cl)cnn1C1CCCC1. The van der Waals surface area contributed by atoms with E-state index in [1.54, 1.807) is 4.68 Å². The van der Waals surface area contributed by atoms with Crippen molar-refractivity contribution in [2.75, 3.05) is 6.61 Å². The molecule has 1 fully saturated rings. The Kier molecular flexibility index (Phi) is 5.46. The molecule has 0 bridgehead atoms. The van der Waals surface area contributed by atoms with Gasteiger partial charge < -0.3 is 4.74 Å². The van der Waals surface area contributed by atoms with Gasteiger partial charge in [-0.05, 0) is 19.3 Å². The number of ether oxygens (including phenoxy) is 1. The summed E-state index contributed by atoms with van der Waals surface area (Å²) in [6.07, 6.45) is 7.73. The van der Waals surface area contributed by atoms with E-state index in [2.05, 4.69) is 12.0 Å². The van der Waals surface area contributed by atoms with Crippen LogP contribution in [0.1, 0.15) is 57.2 Å². The van der Waals surface area contributed by atoms with Gasteiger partial charge in [-0.15, -0.1) is 0 Å². The first-order chi connectivity index (χ1) is 9.54. The van der Waals surface area contributed by atoms with E-state index >= 15 is 0 Å². The first kappa shape index (κ1) is 15.8. The molecule has 0 spiro atoms. The van der Waals surface area contributed by atoms with Crippen molar-refractivity contribution < 1.29 is 13.2 Å².